The van der Waals surface area contributed by atoms with Crippen LogP contribution in [0.2, 0.25) is 0 Å². The Labute approximate surface area is 59.6 Å². The number of hydrogen-bond acceptors (Lipinski definition) is 3. The Morgan fingerprint density at radius 1 is 1.40 bits per heavy atom. The maximum Gasteiger partial charge on any atom is 0.0700 e. The molecule has 0 aromatic heterocycles. The molecule has 0 amide bonds. The molecule has 5 heteroatoms. The van der Waals surface area contributed by atoms with Gasteiger partial charge in [-0.05, 0) is 5.53 Å². The SMILES string of the molecule is COCCOCCN=[N+]=[N-]. The average Bonchev–Trinajstić information content (AvgIpc) is 1.97. The van der Waals surface area contributed by atoms with Gasteiger partial charge < -0.3 is 9.47 Å². The third kappa shape index (κ3) is 7.23. The lowest BCUT2D eigenvalue weighted by molar-refractivity contribution is 0.0747. The lowest BCUT2D eigenvalue weighted by Crippen LogP contribution is -2.04. The van der Waals surface area contributed by atoms with Crippen molar-refractivity contribution in [1.29, 1.82) is 0 Å². The van der Waals surface area contributed by atoms with Crippen LogP contribution in [-0.4, -0.2) is 33.5 Å². The lowest BCUT2D eigenvalue weighted by atomic mass is 10.7. The maximum absolute atomic E-state index is 7.85. The summed E-state index contributed by atoms with van der Waals surface area (Å²) in [5, 5.41) is 3.28. The van der Waals surface area contributed by atoms with Crippen LogP contribution in [0.25, 0.3) is 10.4 Å². The summed E-state index contributed by atoms with van der Waals surface area (Å²) in [6.07, 6.45) is 0. The van der Waals surface area contributed by atoms with Gasteiger partial charge in [0.05, 0.1) is 19.8 Å². The van der Waals surface area contributed by atoms with Crippen LogP contribution in [0.1, 0.15) is 0 Å². The molecule has 0 unspecified atom stereocenters. The van der Waals surface area contributed by atoms with E-state index in [4.69, 9.17) is 15.0 Å². The monoisotopic (exact) mass is 145 g/mol. The minimum absolute atomic E-state index is 0.389. The van der Waals surface area contributed by atoms with E-state index < -0.39 is 0 Å². The Kier molecular flexibility index (Phi) is 7.60. The van der Waals surface area contributed by atoms with Gasteiger partial charge in [0, 0.05) is 18.6 Å². The molecule has 0 rings (SSSR count). The zero-order valence-corrected chi connectivity index (χ0v) is 5.99. The van der Waals surface area contributed by atoms with Crippen LogP contribution in [0.15, 0.2) is 5.11 Å². The predicted octanol–water partition coefficient (Wildman–Crippen LogP) is 0.960. The van der Waals surface area contributed by atoms with Crippen LogP contribution < -0.4 is 0 Å². The Hall–Kier alpha value is -0.770. The predicted molar refractivity (Wildman–Crippen MR) is 36.7 cm³/mol. The van der Waals surface area contributed by atoms with Crippen molar-refractivity contribution in [3.8, 4) is 0 Å². The first-order valence-electron chi connectivity index (χ1n) is 2.99. The van der Waals surface area contributed by atoms with E-state index in [1.54, 1.807) is 7.11 Å². The smallest absolute Gasteiger partial charge is 0.0700 e. The topological polar surface area (TPSA) is 67.2 Å². The average molecular weight is 145 g/mol. The molecule has 0 bridgehead atoms. The van der Waals surface area contributed by atoms with Gasteiger partial charge in [-0.3, -0.25) is 0 Å². The molecule has 0 aliphatic heterocycles. The van der Waals surface area contributed by atoms with Gasteiger partial charge in [0.2, 0.25) is 0 Å². The molecule has 0 aromatic rings. The number of hydrogen-bond donors (Lipinski definition) is 0. The molecule has 0 heterocycles. The van der Waals surface area contributed by atoms with E-state index in [9.17, 15) is 0 Å². The third-order valence-electron chi connectivity index (χ3n) is 0.831. The quantitative estimate of drug-likeness (QED) is 0.242. The van der Waals surface area contributed by atoms with Crippen molar-refractivity contribution in [3.63, 3.8) is 0 Å². The zero-order valence-electron chi connectivity index (χ0n) is 5.99. The summed E-state index contributed by atoms with van der Waals surface area (Å²) >= 11 is 0. The van der Waals surface area contributed by atoms with Crippen molar-refractivity contribution >= 4 is 0 Å². The van der Waals surface area contributed by atoms with Crippen LogP contribution in [-0.2, 0) is 9.47 Å². The number of nitrogens with zero attached hydrogens (tertiary/aromatic N) is 3. The molecule has 0 saturated heterocycles. The second-order valence-corrected chi connectivity index (χ2v) is 1.56. The van der Waals surface area contributed by atoms with Crippen molar-refractivity contribution in [1.82, 2.24) is 0 Å². The molecular formula is C5H11N3O2. The van der Waals surface area contributed by atoms with E-state index in [1.165, 1.54) is 0 Å². The summed E-state index contributed by atoms with van der Waals surface area (Å²) in [5.41, 5.74) is 7.85. The van der Waals surface area contributed by atoms with Crippen LogP contribution in [0.4, 0.5) is 0 Å². The highest BCUT2D eigenvalue weighted by Crippen LogP contribution is 1.77. The van der Waals surface area contributed by atoms with Gasteiger partial charge in [0.15, 0.2) is 0 Å². The van der Waals surface area contributed by atoms with E-state index in [-0.39, 0.29) is 0 Å². The maximum atomic E-state index is 7.85. The van der Waals surface area contributed by atoms with Crippen molar-refractivity contribution in [2.45, 2.75) is 0 Å². The molecular weight excluding hydrogens is 134 g/mol. The summed E-state index contributed by atoms with van der Waals surface area (Å²) in [6.45, 7) is 1.99. The van der Waals surface area contributed by atoms with E-state index in [0.29, 0.717) is 26.4 Å². The molecule has 0 N–H and O–H groups in total. The van der Waals surface area contributed by atoms with E-state index in [2.05, 4.69) is 10.0 Å². The van der Waals surface area contributed by atoms with E-state index in [1.807, 2.05) is 0 Å². The number of azide groups is 1. The highest BCUT2D eigenvalue weighted by molar-refractivity contribution is 4.43. The summed E-state index contributed by atoms with van der Waals surface area (Å²) in [7, 11) is 1.61. The molecule has 58 valence electrons. The van der Waals surface area contributed by atoms with E-state index >= 15 is 0 Å². The number of ether oxygens (including phenoxy) is 2. The van der Waals surface area contributed by atoms with Gasteiger partial charge in [-0.25, -0.2) is 0 Å². The first-order chi connectivity index (χ1) is 4.91. The standard InChI is InChI=1S/C5H11N3O2/c1-9-4-5-10-3-2-7-8-6/h2-5H2,1H3. The van der Waals surface area contributed by atoms with Crippen molar-refractivity contribution in [3.05, 3.63) is 10.4 Å². The molecule has 10 heavy (non-hydrogen) atoms. The molecule has 0 fully saturated rings. The third-order valence-corrected chi connectivity index (χ3v) is 0.831. The van der Waals surface area contributed by atoms with Crippen LogP contribution in [0.5, 0.6) is 0 Å². The Morgan fingerprint density at radius 2 is 2.20 bits per heavy atom. The Morgan fingerprint density at radius 3 is 2.80 bits per heavy atom. The highest BCUT2D eigenvalue weighted by Gasteiger charge is 1.84. The lowest BCUT2D eigenvalue weighted by Gasteiger charge is -1.98. The first-order valence-corrected chi connectivity index (χ1v) is 2.99. The summed E-state index contributed by atoms with van der Waals surface area (Å²) < 4.78 is 9.71. The van der Waals surface area contributed by atoms with Crippen molar-refractivity contribution in [2.24, 2.45) is 5.11 Å². The molecule has 5 nitrogen and oxygen atoms in total. The van der Waals surface area contributed by atoms with Crippen molar-refractivity contribution in [2.75, 3.05) is 33.5 Å². The van der Waals surface area contributed by atoms with Crippen molar-refractivity contribution < 1.29 is 9.47 Å². The normalized spacial score (nSPS) is 8.90. The molecule has 0 aliphatic carbocycles. The summed E-state index contributed by atoms with van der Waals surface area (Å²) in [4.78, 5) is 2.57. The minimum Gasteiger partial charge on any atom is -0.382 e. The second-order valence-electron chi connectivity index (χ2n) is 1.56. The van der Waals surface area contributed by atoms with Gasteiger partial charge in [-0.2, -0.15) is 0 Å². The van der Waals surface area contributed by atoms with Gasteiger partial charge in [-0.1, -0.05) is 5.11 Å². The first kappa shape index (κ1) is 9.23. The molecule has 0 radical (unpaired) electrons. The molecule has 0 atom stereocenters. The van der Waals surface area contributed by atoms with Gasteiger partial charge in [-0.15, -0.1) is 0 Å². The Bertz CT molecular complexity index is 111. The molecule has 0 aromatic carbocycles. The fourth-order valence-electron chi connectivity index (χ4n) is 0.394. The van der Waals surface area contributed by atoms with Gasteiger partial charge >= 0.3 is 0 Å². The van der Waals surface area contributed by atoms with Crippen LogP contribution in [0.3, 0.4) is 0 Å². The van der Waals surface area contributed by atoms with Gasteiger partial charge in [0.1, 0.15) is 0 Å². The van der Waals surface area contributed by atoms with Crippen LogP contribution >= 0.6 is 0 Å². The highest BCUT2D eigenvalue weighted by atomic mass is 16.5. The molecule has 0 saturated carbocycles. The summed E-state index contributed by atoms with van der Waals surface area (Å²) in [6, 6.07) is 0. The molecule has 0 aliphatic rings. The number of rotatable bonds is 6. The fourth-order valence-corrected chi connectivity index (χ4v) is 0.394. The summed E-state index contributed by atoms with van der Waals surface area (Å²) in [5.74, 6) is 0. The van der Waals surface area contributed by atoms with Gasteiger partial charge in [0.25, 0.3) is 0 Å². The zero-order chi connectivity index (χ0) is 7.66. The fraction of sp³-hybridized carbons (Fsp3) is 1.00. The largest absolute Gasteiger partial charge is 0.382 e. The minimum atomic E-state index is 0.389. The molecule has 0 spiro atoms. The number of methoxy groups -OCH3 is 1. The van der Waals surface area contributed by atoms with Crippen LogP contribution in [0, 0.1) is 0 Å². The second kappa shape index (κ2) is 8.23. The van der Waals surface area contributed by atoms with E-state index in [0.717, 1.165) is 0 Å². The Balaban J connectivity index is 2.83.